The van der Waals surface area contributed by atoms with Crippen molar-refractivity contribution in [2.24, 2.45) is 5.92 Å². The molecule has 2 aliphatic carbocycles. The zero-order valence-corrected chi connectivity index (χ0v) is 10.5. The summed E-state index contributed by atoms with van der Waals surface area (Å²) in [6.45, 7) is 0. The van der Waals surface area contributed by atoms with Crippen molar-refractivity contribution >= 4 is 11.4 Å². The van der Waals surface area contributed by atoms with Crippen LogP contribution in [0.2, 0.25) is 0 Å². The normalized spacial score (nSPS) is 22.3. The Morgan fingerprint density at radius 2 is 1.94 bits per heavy atom. The van der Waals surface area contributed by atoms with Crippen LogP contribution < -0.4 is 4.74 Å². The van der Waals surface area contributed by atoms with E-state index >= 15 is 0 Å². The van der Waals surface area contributed by atoms with Gasteiger partial charge in [0.1, 0.15) is 11.5 Å². The number of ether oxygens (including phenoxy) is 1. The third-order valence-electron chi connectivity index (χ3n) is 3.86. The zero-order chi connectivity index (χ0) is 12.5. The standard InChI is InChI=1S/C16H16O2/c1-18-12-8-6-11(7-9-12)15-10-16(17)14-5-3-2-4-13(14)15/h2-3,6-9,14H,4-5,10H2,1H3. The van der Waals surface area contributed by atoms with Crippen molar-refractivity contribution in [3.8, 4) is 5.75 Å². The van der Waals surface area contributed by atoms with Crippen LogP contribution in [0, 0.1) is 5.92 Å². The Hall–Kier alpha value is -1.83. The van der Waals surface area contributed by atoms with Gasteiger partial charge in [0.2, 0.25) is 0 Å². The summed E-state index contributed by atoms with van der Waals surface area (Å²) in [5, 5.41) is 0. The predicted molar refractivity (Wildman–Crippen MR) is 71.4 cm³/mol. The first-order valence-electron chi connectivity index (χ1n) is 6.33. The lowest BCUT2D eigenvalue weighted by atomic mass is 9.88. The fourth-order valence-electron chi connectivity index (χ4n) is 2.88. The molecule has 0 heterocycles. The third kappa shape index (κ3) is 1.78. The van der Waals surface area contributed by atoms with E-state index in [0.29, 0.717) is 12.2 Å². The summed E-state index contributed by atoms with van der Waals surface area (Å²) in [6, 6.07) is 8.02. The highest BCUT2D eigenvalue weighted by atomic mass is 16.5. The first-order valence-corrected chi connectivity index (χ1v) is 6.33. The molecule has 0 N–H and O–H groups in total. The van der Waals surface area contributed by atoms with Crippen LogP contribution in [-0.4, -0.2) is 12.9 Å². The minimum Gasteiger partial charge on any atom is -0.497 e. The summed E-state index contributed by atoms with van der Waals surface area (Å²) in [5.41, 5.74) is 3.72. The van der Waals surface area contributed by atoms with E-state index in [0.717, 1.165) is 24.2 Å². The van der Waals surface area contributed by atoms with E-state index in [2.05, 4.69) is 24.3 Å². The van der Waals surface area contributed by atoms with Gasteiger partial charge in [0.15, 0.2) is 0 Å². The highest BCUT2D eigenvalue weighted by molar-refractivity contribution is 6.01. The van der Waals surface area contributed by atoms with Crippen molar-refractivity contribution in [3.05, 3.63) is 47.6 Å². The van der Waals surface area contributed by atoms with Crippen molar-refractivity contribution in [2.75, 3.05) is 7.11 Å². The van der Waals surface area contributed by atoms with E-state index in [4.69, 9.17) is 4.74 Å². The number of rotatable bonds is 2. The quantitative estimate of drug-likeness (QED) is 0.741. The highest BCUT2D eigenvalue weighted by Gasteiger charge is 2.33. The molecule has 3 rings (SSSR count). The van der Waals surface area contributed by atoms with Crippen LogP contribution in [0.4, 0.5) is 0 Å². The summed E-state index contributed by atoms with van der Waals surface area (Å²) >= 11 is 0. The molecule has 1 aromatic carbocycles. The Balaban J connectivity index is 1.99. The summed E-state index contributed by atoms with van der Waals surface area (Å²) < 4.78 is 5.17. The van der Waals surface area contributed by atoms with Crippen LogP contribution in [0.25, 0.3) is 5.57 Å². The van der Waals surface area contributed by atoms with Gasteiger partial charge in [0, 0.05) is 12.3 Å². The molecule has 18 heavy (non-hydrogen) atoms. The summed E-state index contributed by atoms with van der Waals surface area (Å²) in [7, 11) is 1.66. The predicted octanol–water partition coefficient (Wildman–Crippen LogP) is 3.39. The maximum atomic E-state index is 12.0. The maximum absolute atomic E-state index is 12.0. The average Bonchev–Trinajstić information content (AvgIpc) is 2.77. The van der Waals surface area contributed by atoms with Gasteiger partial charge in [-0.05, 0) is 36.1 Å². The second-order valence-corrected chi connectivity index (χ2v) is 4.84. The van der Waals surface area contributed by atoms with Crippen LogP contribution in [-0.2, 0) is 4.79 Å². The van der Waals surface area contributed by atoms with Crippen LogP contribution in [0.5, 0.6) is 5.75 Å². The topological polar surface area (TPSA) is 26.3 Å². The molecular weight excluding hydrogens is 224 g/mol. The van der Waals surface area contributed by atoms with Crippen molar-refractivity contribution < 1.29 is 9.53 Å². The molecule has 0 saturated heterocycles. The molecule has 0 aliphatic heterocycles. The van der Waals surface area contributed by atoms with Crippen molar-refractivity contribution in [1.82, 2.24) is 0 Å². The number of carbonyl (C=O) groups is 1. The monoisotopic (exact) mass is 240 g/mol. The van der Waals surface area contributed by atoms with Crippen LogP contribution >= 0.6 is 0 Å². The number of ketones is 1. The molecule has 1 unspecified atom stereocenters. The van der Waals surface area contributed by atoms with Crippen LogP contribution in [0.15, 0.2) is 42.0 Å². The Morgan fingerprint density at radius 1 is 1.17 bits per heavy atom. The molecule has 0 bridgehead atoms. The molecule has 1 atom stereocenters. The maximum Gasteiger partial charge on any atom is 0.144 e. The molecule has 1 aromatic rings. The number of carbonyl (C=O) groups excluding carboxylic acids is 1. The molecule has 2 heteroatoms. The van der Waals surface area contributed by atoms with Crippen molar-refractivity contribution in [2.45, 2.75) is 19.3 Å². The Morgan fingerprint density at radius 3 is 2.67 bits per heavy atom. The van der Waals surface area contributed by atoms with Gasteiger partial charge in [-0.2, -0.15) is 0 Å². The van der Waals surface area contributed by atoms with Gasteiger partial charge in [-0.1, -0.05) is 29.9 Å². The van der Waals surface area contributed by atoms with Gasteiger partial charge in [-0.25, -0.2) is 0 Å². The number of allylic oxidation sites excluding steroid dienone is 4. The van der Waals surface area contributed by atoms with Gasteiger partial charge < -0.3 is 4.74 Å². The molecule has 0 spiro atoms. The molecule has 0 fully saturated rings. The summed E-state index contributed by atoms with van der Waals surface area (Å²) in [6.07, 6.45) is 6.70. The SMILES string of the molecule is COc1ccc(C2=C3CC=CCC3C(=O)C2)cc1. The second kappa shape index (κ2) is 4.45. The molecule has 0 saturated carbocycles. The molecular formula is C16H16O2. The third-order valence-corrected chi connectivity index (χ3v) is 3.86. The molecule has 92 valence electrons. The fraction of sp³-hybridized carbons (Fsp3) is 0.312. The molecule has 0 radical (unpaired) electrons. The number of methoxy groups -OCH3 is 1. The largest absolute Gasteiger partial charge is 0.497 e. The first-order chi connectivity index (χ1) is 8.79. The Kier molecular flexibility index (Phi) is 2.78. The van der Waals surface area contributed by atoms with Crippen molar-refractivity contribution in [3.63, 3.8) is 0 Å². The lowest BCUT2D eigenvalue weighted by molar-refractivity contribution is -0.120. The average molecular weight is 240 g/mol. The van der Waals surface area contributed by atoms with Crippen molar-refractivity contribution in [1.29, 1.82) is 0 Å². The molecule has 0 aromatic heterocycles. The van der Waals surface area contributed by atoms with E-state index in [1.807, 2.05) is 12.1 Å². The van der Waals surface area contributed by atoms with E-state index in [9.17, 15) is 4.79 Å². The summed E-state index contributed by atoms with van der Waals surface area (Å²) in [4.78, 5) is 12.0. The van der Waals surface area contributed by atoms with E-state index in [1.54, 1.807) is 7.11 Å². The first kappa shape index (κ1) is 11.3. The van der Waals surface area contributed by atoms with Gasteiger partial charge in [0.25, 0.3) is 0 Å². The highest BCUT2D eigenvalue weighted by Crippen LogP contribution is 2.41. The van der Waals surface area contributed by atoms with E-state index < -0.39 is 0 Å². The van der Waals surface area contributed by atoms with E-state index in [-0.39, 0.29) is 5.92 Å². The zero-order valence-electron chi connectivity index (χ0n) is 10.5. The number of fused-ring (bicyclic) bond motifs is 1. The smallest absolute Gasteiger partial charge is 0.144 e. The van der Waals surface area contributed by atoms with Gasteiger partial charge in [-0.3, -0.25) is 4.79 Å². The fourth-order valence-corrected chi connectivity index (χ4v) is 2.88. The minimum absolute atomic E-state index is 0.145. The number of hydrogen-bond donors (Lipinski definition) is 0. The lowest BCUT2D eigenvalue weighted by Gasteiger charge is -2.15. The second-order valence-electron chi connectivity index (χ2n) is 4.84. The molecule has 2 aliphatic rings. The van der Waals surface area contributed by atoms with Gasteiger partial charge in [0.05, 0.1) is 7.11 Å². The summed E-state index contributed by atoms with van der Waals surface area (Å²) in [5.74, 6) is 1.38. The Labute approximate surface area is 107 Å². The van der Waals surface area contributed by atoms with E-state index in [1.165, 1.54) is 11.1 Å². The van der Waals surface area contributed by atoms with Gasteiger partial charge >= 0.3 is 0 Å². The number of Topliss-reactive ketones (excluding diaryl/α,β-unsaturated/α-hetero) is 1. The van der Waals surface area contributed by atoms with Gasteiger partial charge in [-0.15, -0.1) is 0 Å². The minimum atomic E-state index is 0.145. The number of benzene rings is 1. The Bertz CT molecular complexity index is 535. The number of hydrogen-bond acceptors (Lipinski definition) is 2. The van der Waals surface area contributed by atoms with Crippen LogP contribution in [0.3, 0.4) is 0 Å². The lowest BCUT2D eigenvalue weighted by Crippen LogP contribution is -2.11. The molecule has 2 nitrogen and oxygen atoms in total. The van der Waals surface area contributed by atoms with Crippen LogP contribution in [0.1, 0.15) is 24.8 Å². The molecule has 0 amide bonds.